The van der Waals surface area contributed by atoms with Gasteiger partial charge < -0.3 is 19.1 Å². The number of ether oxygens (including phenoxy) is 3. The lowest BCUT2D eigenvalue weighted by Crippen LogP contribution is -2.26. The monoisotopic (exact) mass is 358 g/mol. The van der Waals surface area contributed by atoms with Crippen LogP contribution in [-0.2, 0) is 6.42 Å². The Kier molecular flexibility index (Phi) is 5.27. The number of rotatable bonds is 5. The molecule has 1 aliphatic heterocycles. The summed E-state index contributed by atoms with van der Waals surface area (Å²) in [6.07, 6.45) is 0.672. The number of nitrogens with zero attached hydrogens (tertiary/aromatic N) is 2. The lowest BCUT2D eigenvalue weighted by Gasteiger charge is -2.23. The second-order valence-corrected chi connectivity index (χ2v) is 6.28. The van der Waals surface area contributed by atoms with Crippen LogP contribution in [0.15, 0.2) is 36.4 Å². The van der Waals surface area contributed by atoms with Crippen molar-refractivity contribution in [2.45, 2.75) is 12.5 Å². The van der Waals surface area contributed by atoms with Gasteiger partial charge in [-0.25, -0.2) is 0 Å². The van der Waals surface area contributed by atoms with Gasteiger partial charge in [-0.05, 0) is 43.3 Å². The predicted molar refractivity (Wildman–Crippen MR) is 97.2 cm³/mol. The van der Waals surface area contributed by atoms with Crippen LogP contribution in [0.3, 0.4) is 0 Å². The topological polar surface area (TPSA) is 74.1 Å². The summed E-state index contributed by atoms with van der Waals surface area (Å²) in [6.45, 7) is 1.61. The molecular formula is C19H22N2O5. The fraction of sp³-hybridized carbons (Fsp3) is 0.368. The Morgan fingerprint density at radius 1 is 1.12 bits per heavy atom. The molecule has 0 bridgehead atoms. The Balaban J connectivity index is 1.94. The first-order chi connectivity index (χ1) is 12.5. The first-order valence-electron chi connectivity index (χ1n) is 8.36. The third-order valence-electron chi connectivity index (χ3n) is 4.56. The summed E-state index contributed by atoms with van der Waals surface area (Å²) in [5.74, 6) is 1.95. The molecule has 0 aliphatic carbocycles. The van der Waals surface area contributed by atoms with E-state index in [1.165, 1.54) is 12.1 Å². The normalized spacial score (nSPS) is 17.1. The molecule has 7 heteroatoms. The van der Waals surface area contributed by atoms with Gasteiger partial charge >= 0.3 is 0 Å². The zero-order valence-corrected chi connectivity index (χ0v) is 15.1. The highest BCUT2D eigenvalue weighted by Crippen LogP contribution is 2.37. The van der Waals surface area contributed by atoms with Crippen molar-refractivity contribution in [3.05, 3.63) is 57.6 Å². The van der Waals surface area contributed by atoms with Gasteiger partial charge in [-0.2, -0.15) is 0 Å². The number of non-ortho nitro benzene ring substituents is 1. The minimum atomic E-state index is -0.421. The van der Waals surface area contributed by atoms with E-state index >= 15 is 0 Å². The Morgan fingerprint density at radius 3 is 2.38 bits per heavy atom. The minimum Gasteiger partial charge on any atom is -0.493 e. The second kappa shape index (κ2) is 7.61. The molecule has 1 unspecified atom stereocenters. The summed E-state index contributed by atoms with van der Waals surface area (Å²) in [5.41, 5.74) is 2.24. The number of hydrogen-bond donors (Lipinski definition) is 0. The van der Waals surface area contributed by atoms with Crippen molar-refractivity contribution in [1.82, 2.24) is 4.90 Å². The minimum absolute atomic E-state index is 0.0436. The molecule has 2 aromatic carbocycles. The summed E-state index contributed by atoms with van der Waals surface area (Å²) in [4.78, 5) is 12.6. The molecule has 0 saturated heterocycles. The summed E-state index contributed by atoms with van der Waals surface area (Å²) < 4.78 is 17.0. The highest BCUT2D eigenvalue weighted by molar-refractivity contribution is 5.49. The van der Waals surface area contributed by atoms with E-state index in [2.05, 4.69) is 4.90 Å². The number of benzene rings is 2. The smallest absolute Gasteiger partial charge is 0.269 e. The van der Waals surface area contributed by atoms with Crippen LogP contribution in [0.1, 0.15) is 17.2 Å². The number of hydrogen-bond acceptors (Lipinski definition) is 6. The maximum atomic E-state index is 10.8. The largest absolute Gasteiger partial charge is 0.493 e. The molecule has 2 aromatic rings. The SMILES string of the molecule is COc1cc2c(cc1OC)C(Oc1ccc([N+](=O)[O-])cc1)CN(C)CC2. The van der Waals surface area contributed by atoms with Crippen LogP contribution in [0.2, 0.25) is 0 Å². The predicted octanol–water partition coefficient (Wildman–Crippen LogP) is 3.22. The van der Waals surface area contributed by atoms with Gasteiger partial charge in [0.15, 0.2) is 11.5 Å². The number of methoxy groups -OCH3 is 2. The van der Waals surface area contributed by atoms with E-state index in [1.54, 1.807) is 26.4 Å². The molecule has 0 saturated carbocycles. The third kappa shape index (κ3) is 3.72. The van der Waals surface area contributed by atoms with Crippen LogP contribution >= 0.6 is 0 Å². The lowest BCUT2D eigenvalue weighted by molar-refractivity contribution is -0.384. The Labute approximate surface area is 152 Å². The van der Waals surface area contributed by atoms with E-state index in [0.29, 0.717) is 23.8 Å². The van der Waals surface area contributed by atoms with Crippen LogP contribution in [0.25, 0.3) is 0 Å². The van der Waals surface area contributed by atoms with Crippen molar-refractivity contribution in [2.75, 3.05) is 34.4 Å². The third-order valence-corrected chi connectivity index (χ3v) is 4.56. The first kappa shape index (κ1) is 18.0. The molecule has 3 rings (SSSR count). The maximum Gasteiger partial charge on any atom is 0.269 e. The molecule has 0 spiro atoms. The number of fused-ring (bicyclic) bond motifs is 1. The van der Waals surface area contributed by atoms with Gasteiger partial charge in [0.2, 0.25) is 0 Å². The van der Waals surface area contributed by atoms with Gasteiger partial charge in [0.05, 0.1) is 19.1 Å². The number of likely N-dealkylation sites (N-methyl/N-ethyl adjacent to an activating group) is 1. The van der Waals surface area contributed by atoms with Gasteiger partial charge in [-0.1, -0.05) is 0 Å². The molecule has 138 valence electrons. The first-order valence-corrected chi connectivity index (χ1v) is 8.36. The molecule has 1 heterocycles. The second-order valence-electron chi connectivity index (χ2n) is 6.28. The molecule has 1 atom stereocenters. The quantitative estimate of drug-likeness (QED) is 0.603. The van der Waals surface area contributed by atoms with Crippen molar-refractivity contribution >= 4 is 5.69 Å². The van der Waals surface area contributed by atoms with Crippen molar-refractivity contribution in [1.29, 1.82) is 0 Å². The van der Waals surface area contributed by atoms with Gasteiger partial charge in [0, 0.05) is 30.8 Å². The molecular weight excluding hydrogens is 336 g/mol. The summed E-state index contributed by atoms with van der Waals surface area (Å²) in [5, 5.41) is 10.8. The molecule has 0 fully saturated rings. The highest BCUT2D eigenvalue weighted by Gasteiger charge is 2.25. The van der Waals surface area contributed by atoms with Gasteiger partial charge in [-0.3, -0.25) is 10.1 Å². The van der Waals surface area contributed by atoms with Gasteiger partial charge in [0.1, 0.15) is 11.9 Å². The average molecular weight is 358 g/mol. The fourth-order valence-electron chi connectivity index (χ4n) is 3.15. The number of nitro groups is 1. The van der Waals surface area contributed by atoms with Gasteiger partial charge in [-0.15, -0.1) is 0 Å². The van der Waals surface area contributed by atoms with Crippen molar-refractivity contribution in [3.8, 4) is 17.2 Å². The van der Waals surface area contributed by atoms with E-state index in [4.69, 9.17) is 14.2 Å². The Bertz CT molecular complexity index is 791. The molecule has 26 heavy (non-hydrogen) atoms. The summed E-state index contributed by atoms with van der Waals surface area (Å²) in [7, 11) is 5.28. The molecule has 0 N–H and O–H groups in total. The van der Waals surface area contributed by atoms with Gasteiger partial charge in [0.25, 0.3) is 5.69 Å². The van der Waals surface area contributed by atoms with Crippen LogP contribution in [-0.4, -0.2) is 44.2 Å². The van der Waals surface area contributed by atoms with E-state index in [0.717, 1.165) is 24.1 Å². The standard InChI is InChI=1S/C19H22N2O5/c1-20-9-8-13-10-17(24-2)18(25-3)11-16(13)19(12-20)26-15-6-4-14(5-7-15)21(22)23/h4-7,10-11,19H,8-9,12H2,1-3H3. The van der Waals surface area contributed by atoms with E-state index in [-0.39, 0.29) is 11.8 Å². The zero-order valence-electron chi connectivity index (χ0n) is 15.1. The Hall–Kier alpha value is -2.80. The van der Waals surface area contributed by atoms with E-state index < -0.39 is 4.92 Å². The molecule has 1 aliphatic rings. The lowest BCUT2D eigenvalue weighted by atomic mass is 10.00. The van der Waals surface area contributed by atoms with Crippen LogP contribution in [0.5, 0.6) is 17.2 Å². The summed E-state index contributed by atoms with van der Waals surface area (Å²) >= 11 is 0. The molecule has 0 aromatic heterocycles. The fourth-order valence-corrected chi connectivity index (χ4v) is 3.15. The van der Waals surface area contributed by atoms with E-state index in [9.17, 15) is 10.1 Å². The van der Waals surface area contributed by atoms with Crippen LogP contribution in [0.4, 0.5) is 5.69 Å². The molecule has 7 nitrogen and oxygen atoms in total. The summed E-state index contributed by atoms with van der Waals surface area (Å²) in [6, 6.07) is 10.1. The molecule has 0 radical (unpaired) electrons. The van der Waals surface area contributed by atoms with Crippen molar-refractivity contribution < 1.29 is 19.1 Å². The highest BCUT2D eigenvalue weighted by atomic mass is 16.6. The van der Waals surface area contributed by atoms with Crippen molar-refractivity contribution in [2.24, 2.45) is 0 Å². The van der Waals surface area contributed by atoms with E-state index in [1.807, 2.05) is 19.2 Å². The Morgan fingerprint density at radius 2 is 1.77 bits per heavy atom. The maximum absolute atomic E-state index is 10.8. The molecule has 0 amide bonds. The van der Waals surface area contributed by atoms with Crippen LogP contribution in [0, 0.1) is 10.1 Å². The van der Waals surface area contributed by atoms with Crippen molar-refractivity contribution in [3.63, 3.8) is 0 Å². The van der Waals surface area contributed by atoms with Crippen LogP contribution < -0.4 is 14.2 Å². The zero-order chi connectivity index (χ0) is 18.7. The average Bonchev–Trinajstić information content (AvgIpc) is 2.79. The number of nitro benzene ring substituents is 1.